The summed E-state index contributed by atoms with van der Waals surface area (Å²) in [7, 11) is 0. The lowest BCUT2D eigenvalue weighted by Crippen LogP contribution is -2.57. The molecule has 20 heavy (non-hydrogen) atoms. The molecule has 0 aliphatic carbocycles. The zero-order chi connectivity index (χ0) is 15.1. The number of nitrogen functional groups attached to an aromatic ring is 1. The number of para-hydroxylation sites is 1. The van der Waals surface area contributed by atoms with Gasteiger partial charge in [0.1, 0.15) is 0 Å². The Kier molecular flexibility index (Phi) is 3.42. The molecule has 1 aromatic rings. The van der Waals surface area contributed by atoms with Gasteiger partial charge in [-0.15, -0.1) is 0 Å². The van der Waals surface area contributed by atoms with Gasteiger partial charge in [0, 0.05) is 13.1 Å². The van der Waals surface area contributed by atoms with Crippen LogP contribution in [-0.4, -0.2) is 35.4 Å². The Labute approximate surface area is 119 Å². The number of hydrogen-bond acceptors (Lipinski definition) is 4. The third-order valence-electron chi connectivity index (χ3n) is 3.35. The minimum Gasteiger partial charge on any atom is -0.478 e. The fourth-order valence-electron chi connectivity index (χ4n) is 2.97. The summed E-state index contributed by atoms with van der Waals surface area (Å²) in [6.45, 7) is 9.44. The Morgan fingerprint density at radius 2 is 1.80 bits per heavy atom. The maximum absolute atomic E-state index is 11.2. The molecule has 1 aromatic carbocycles. The van der Waals surface area contributed by atoms with Gasteiger partial charge in [0.25, 0.3) is 0 Å². The fraction of sp³-hybridized carbons (Fsp3) is 0.533. The van der Waals surface area contributed by atoms with E-state index in [1.807, 2.05) is 33.8 Å². The van der Waals surface area contributed by atoms with Gasteiger partial charge in [-0.2, -0.15) is 0 Å². The van der Waals surface area contributed by atoms with Gasteiger partial charge in [-0.1, -0.05) is 6.07 Å². The van der Waals surface area contributed by atoms with Crippen LogP contribution >= 0.6 is 0 Å². The summed E-state index contributed by atoms with van der Waals surface area (Å²) in [5.41, 5.74) is 6.62. The van der Waals surface area contributed by atoms with Crippen molar-refractivity contribution in [1.29, 1.82) is 0 Å². The lowest BCUT2D eigenvalue weighted by Gasteiger charge is -2.48. The number of carbonyl (C=O) groups is 1. The van der Waals surface area contributed by atoms with Crippen molar-refractivity contribution in [1.82, 2.24) is 0 Å². The van der Waals surface area contributed by atoms with E-state index in [9.17, 15) is 9.90 Å². The molecule has 0 unspecified atom stereocenters. The molecule has 110 valence electrons. The van der Waals surface area contributed by atoms with E-state index in [0.717, 1.165) is 5.69 Å². The number of benzene rings is 1. The van der Waals surface area contributed by atoms with Crippen molar-refractivity contribution in [3.8, 4) is 0 Å². The summed E-state index contributed by atoms with van der Waals surface area (Å²) in [5, 5.41) is 9.17. The highest BCUT2D eigenvalue weighted by Crippen LogP contribution is 2.35. The molecule has 1 aliphatic rings. The lowest BCUT2D eigenvalue weighted by atomic mass is 9.97. The zero-order valence-corrected chi connectivity index (χ0v) is 12.4. The Bertz CT molecular complexity index is 522. The van der Waals surface area contributed by atoms with Crippen molar-refractivity contribution >= 4 is 17.3 Å². The zero-order valence-electron chi connectivity index (χ0n) is 12.4. The quantitative estimate of drug-likeness (QED) is 0.812. The van der Waals surface area contributed by atoms with Crippen LogP contribution in [0.4, 0.5) is 11.4 Å². The molecule has 0 atom stereocenters. The topological polar surface area (TPSA) is 75.8 Å². The van der Waals surface area contributed by atoms with Crippen molar-refractivity contribution in [2.45, 2.75) is 38.9 Å². The van der Waals surface area contributed by atoms with Gasteiger partial charge in [-0.3, -0.25) is 0 Å². The first-order chi connectivity index (χ1) is 9.11. The van der Waals surface area contributed by atoms with E-state index >= 15 is 0 Å². The number of carboxylic acids is 1. The summed E-state index contributed by atoms with van der Waals surface area (Å²) in [4.78, 5) is 13.3. The lowest BCUT2D eigenvalue weighted by molar-refractivity contribution is -0.133. The molecule has 1 fully saturated rings. The molecule has 5 nitrogen and oxygen atoms in total. The van der Waals surface area contributed by atoms with Gasteiger partial charge in [0.05, 0.1) is 28.1 Å². The standard InChI is InChI=1S/C15H22N2O3/c1-14(2)8-17(9-15(3,4)20-14)11-7-5-6-10(12(11)16)13(18)19/h5-7H,8-9,16H2,1-4H3,(H,18,19). The van der Waals surface area contributed by atoms with Crippen molar-refractivity contribution in [3.05, 3.63) is 23.8 Å². The number of carboxylic acid groups (broad SMARTS) is 1. The number of aromatic carboxylic acids is 1. The first-order valence-electron chi connectivity index (χ1n) is 6.68. The number of ether oxygens (including phenoxy) is 1. The first kappa shape index (κ1) is 14.7. The molecule has 1 aliphatic heterocycles. The Balaban J connectivity index is 2.41. The molecule has 5 heteroatoms. The SMILES string of the molecule is CC1(C)CN(c2cccc(C(=O)O)c2N)CC(C)(C)O1. The molecule has 3 N–H and O–H groups in total. The Morgan fingerprint density at radius 1 is 1.25 bits per heavy atom. The fourth-order valence-corrected chi connectivity index (χ4v) is 2.97. The van der Waals surface area contributed by atoms with Crippen LogP contribution in [-0.2, 0) is 4.74 Å². The summed E-state index contributed by atoms with van der Waals surface area (Å²) in [5.74, 6) is -1.00. The van der Waals surface area contributed by atoms with Gasteiger partial charge < -0.3 is 20.5 Å². The van der Waals surface area contributed by atoms with E-state index in [-0.39, 0.29) is 16.8 Å². The third-order valence-corrected chi connectivity index (χ3v) is 3.35. The van der Waals surface area contributed by atoms with Crippen LogP contribution in [0.2, 0.25) is 0 Å². The van der Waals surface area contributed by atoms with Crippen LogP contribution in [0.5, 0.6) is 0 Å². The van der Waals surface area contributed by atoms with E-state index in [1.165, 1.54) is 6.07 Å². The molecule has 0 amide bonds. The molecule has 1 heterocycles. The second-order valence-corrected chi connectivity index (χ2v) is 6.52. The third kappa shape index (κ3) is 2.88. The predicted octanol–water partition coefficient (Wildman–Crippen LogP) is 2.36. The molecule has 2 rings (SSSR count). The number of nitrogens with two attached hydrogens (primary N) is 1. The predicted molar refractivity (Wildman–Crippen MR) is 79.3 cm³/mol. The van der Waals surface area contributed by atoms with Crippen molar-refractivity contribution in [2.24, 2.45) is 0 Å². The second kappa shape index (κ2) is 4.66. The monoisotopic (exact) mass is 278 g/mol. The average Bonchev–Trinajstić information content (AvgIpc) is 2.24. The smallest absolute Gasteiger partial charge is 0.337 e. The maximum atomic E-state index is 11.2. The van der Waals surface area contributed by atoms with Crippen molar-refractivity contribution < 1.29 is 14.6 Å². The normalized spacial score (nSPS) is 20.7. The number of nitrogens with zero attached hydrogens (tertiary/aromatic N) is 1. The van der Waals surface area contributed by atoms with Gasteiger partial charge in [0.15, 0.2) is 0 Å². The summed E-state index contributed by atoms with van der Waals surface area (Å²) in [6.07, 6.45) is 0. The van der Waals surface area contributed by atoms with Gasteiger partial charge in [-0.25, -0.2) is 4.79 Å². The van der Waals surface area contributed by atoms with Crippen LogP contribution in [0.15, 0.2) is 18.2 Å². The van der Waals surface area contributed by atoms with E-state index in [4.69, 9.17) is 10.5 Å². The van der Waals surface area contributed by atoms with Gasteiger partial charge in [-0.05, 0) is 39.8 Å². The highest BCUT2D eigenvalue weighted by atomic mass is 16.5. The van der Waals surface area contributed by atoms with Crippen molar-refractivity contribution in [3.63, 3.8) is 0 Å². The molecule has 0 saturated carbocycles. The Morgan fingerprint density at radius 3 is 2.30 bits per heavy atom. The highest BCUT2D eigenvalue weighted by molar-refractivity contribution is 5.97. The molecule has 0 radical (unpaired) electrons. The minimum atomic E-state index is -1.00. The summed E-state index contributed by atoms with van der Waals surface area (Å²) >= 11 is 0. The molecular weight excluding hydrogens is 256 g/mol. The van der Waals surface area contributed by atoms with Gasteiger partial charge >= 0.3 is 5.97 Å². The van der Waals surface area contributed by atoms with Crippen LogP contribution in [0.25, 0.3) is 0 Å². The minimum absolute atomic E-state index is 0.143. The number of rotatable bonds is 2. The van der Waals surface area contributed by atoms with E-state index in [2.05, 4.69) is 4.90 Å². The number of hydrogen-bond donors (Lipinski definition) is 2. The average molecular weight is 278 g/mol. The molecule has 0 aromatic heterocycles. The first-order valence-corrected chi connectivity index (χ1v) is 6.68. The number of anilines is 2. The van der Waals surface area contributed by atoms with E-state index < -0.39 is 5.97 Å². The summed E-state index contributed by atoms with van der Waals surface area (Å²) in [6, 6.07) is 5.11. The second-order valence-electron chi connectivity index (χ2n) is 6.52. The largest absolute Gasteiger partial charge is 0.478 e. The van der Waals surface area contributed by atoms with E-state index in [1.54, 1.807) is 6.07 Å². The summed E-state index contributed by atoms with van der Waals surface area (Å²) < 4.78 is 6.03. The van der Waals surface area contributed by atoms with Crippen molar-refractivity contribution in [2.75, 3.05) is 23.7 Å². The van der Waals surface area contributed by atoms with Crippen LogP contribution in [0.1, 0.15) is 38.1 Å². The van der Waals surface area contributed by atoms with E-state index in [0.29, 0.717) is 18.8 Å². The molecule has 0 bridgehead atoms. The molecular formula is C15H22N2O3. The van der Waals surface area contributed by atoms with Crippen LogP contribution < -0.4 is 10.6 Å². The van der Waals surface area contributed by atoms with Crippen LogP contribution in [0, 0.1) is 0 Å². The molecule has 0 spiro atoms. The van der Waals surface area contributed by atoms with Crippen LogP contribution in [0.3, 0.4) is 0 Å². The Hall–Kier alpha value is -1.75. The highest BCUT2D eigenvalue weighted by Gasteiger charge is 2.38. The van der Waals surface area contributed by atoms with Gasteiger partial charge in [0.2, 0.25) is 0 Å². The molecule has 1 saturated heterocycles. The number of morpholine rings is 1. The maximum Gasteiger partial charge on any atom is 0.337 e.